The number of fused-ring (bicyclic) bond motifs is 1. The summed E-state index contributed by atoms with van der Waals surface area (Å²) >= 11 is 0. The van der Waals surface area contributed by atoms with E-state index in [1.807, 2.05) is 4.90 Å². The van der Waals surface area contributed by atoms with Crippen molar-refractivity contribution >= 4 is 15.9 Å². The van der Waals surface area contributed by atoms with Crippen molar-refractivity contribution in [3.8, 4) is 0 Å². The van der Waals surface area contributed by atoms with Crippen LogP contribution in [-0.2, 0) is 10.0 Å². The highest BCUT2D eigenvalue weighted by Crippen LogP contribution is 2.39. The molecule has 3 rings (SSSR count). The Kier molecular flexibility index (Phi) is 5.21. The molecule has 1 saturated heterocycles. The Morgan fingerprint density at radius 2 is 1.72 bits per heavy atom. The molecule has 1 heterocycles. The van der Waals surface area contributed by atoms with Crippen LogP contribution in [0.5, 0.6) is 0 Å². The smallest absolute Gasteiger partial charge is 0.254 e. The number of benzene rings is 1. The maximum absolute atomic E-state index is 13.0. The van der Waals surface area contributed by atoms with Crippen LogP contribution in [0.25, 0.3) is 0 Å². The molecule has 6 heteroatoms. The lowest BCUT2D eigenvalue weighted by molar-refractivity contribution is 0.0217. The molecule has 0 radical (unpaired) electrons. The predicted octanol–water partition coefficient (Wildman–Crippen LogP) is 2.98. The Balaban J connectivity index is 1.81. The van der Waals surface area contributed by atoms with Gasteiger partial charge in [-0.1, -0.05) is 19.8 Å². The van der Waals surface area contributed by atoms with Crippen LogP contribution in [0.2, 0.25) is 0 Å². The van der Waals surface area contributed by atoms with Gasteiger partial charge in [0.1, 0.15) is 0 Å². The van der Waals surface area contributed by atoms with Crippen LogP contribution in [0.3, 0.4) is 0 Å². The Morgan fingerprint density at radius 3 is 2.36 bits per heavy atom. The van der Waals surface area contributed by atoms with Crippen LogP contribution in [0.15, 0.2) is 29.2 Å². The fourth-order valence-corrected chi connectivity index (χ4v) is 5.21. The lowest BCUT2D eigenvalue weighted by Crippen LogP contribution is -2.52. The third-order valence-corrected chi connectivity index (χ3v) is 7.71. The van der Waals surface area contributed by atoms with E-state index in [2.05, 4.69) is 6.92 Å². The molecule has 1 aromatic rings. The molecule has 1 aromatic carbocycles. The molecule has 1 aliphatic carbocycles. The summed E-state index contributed by atoms with van der Waals surface area (Å²) in [6.45, 7) is 3.12. The van der Waals surface area contributed by atoms with Gasteiger partial charge in [-0.15, -0.1) is 0 Å². The van der Waals surface area contributed by atoms with Crippen LogP contribution in [-0.4, -0.2) is 50.2 Å². The number of hydrogen-bond donors (Lipinski definition) is 0. The first-order chi connectivity index (χ1) is 11.8. The van der Waals surface area contributed by atoms with Crippen molar-refractivity contribution in [2.75, 3.05) is 20.6 Å². The largest absolute Gasteiger partial charge is 0.335 e. The molecule has 138 valence electrons. The quantitative estimate of drug-likeness (QED) is 0.828. The van der Waals surface area contributed by atoms with Gasteiger partial charge in [0.05, 0.1) is 4.90 Å². The van der Waals surface area contributed by atoms with E-state index in [0.717, 1.165) is 19.4 Å². The second-order valence-electron chi connectivity index (χ2n) is 7.59. The van der Waals surface area contributed by atoms with Gasteiger partial charge in [-0.3, -0.25) is 4.79 Å². The fraction of sp³-hybridized carbons (Fsp3) is 0.632. The van der Waals surface area contributed by atoms with E-state index < -0.39 is 10.0 Å². The van der Waals surface area contributed by atoms with Crippen molar-refractivity contribution in [3.63, 3.8) is 0 Å². The molecule has 1 saturated carbocycles. The van der Waals surface area contributed by atoms with Crippen molar-refractivity contribution < 1.29 is 13.2 Å². The second kappa shape index (κ2) is 7.08. The van der Waals surface area contributed by atoms with E-state index in [1.54, 1.807) is 12.1 Å². The molecule has 25 heavy (non-hydrogen) atoms. The van der Waals surface area contributed by atoms with E-state index in [1.165, 1.54) is 49.8 Å². The molecule has 1 amide bonds. The number of rotatable bonds is 3. The molecule has 2 aliphatic rings. The number of hydrogen-bond acceptors (Lipinski definition) is 3. The van der Waals surface area contributed by atoms with Crippen LogP contribution in [0.4, 0.5) is 0 Å². The fourth-order valence-electron chi connectivity index (χ4n) is 4.31. The first-order valence-corrected chi connectivity index (χ1v) is 10.6. The van der Waals surface area contributed by atoms with Crippen molar-refractivity contribution in [1.29, 1.82) is 0 Å². The van der Waals surface area contributed by atoms with Gasteiger partial charge in [-0.05, 0) is 55.4 Å². The zero-order valence-electron chi connectivity index (χ0n) is 15.3. The van der Waals surface area contributed by atoms with Crippen LogP contribution >= 0.6 is 0 Å². The SMILES string of the molecule is C[C@@H]1CCN(C(=O)c2ccc(S(=O)(=O)N(C)C)cc2)[C@@H]2CCCC[C@@H]12. The average Bonchev–Trinajstić information content (AvgIpc) is 2.62. The summed E-state index contributed by atoms with van der Waals surface area (Å²) in [5.74, 6) is 1.33. The Labute approximate surface area is 151 Å². The van der Waals surface area contributed by atoms with Crippen LogP contribution in [0, 0.1) is 11.8 Å². The number of likely N-dealkylation sites (tertiary alicyclic amines) is 1. The topological polar surface area (TPSA) is 57.7 Å². The van der Waals surface area contributed by atoms with Crippen molar-refractivity contribution in [3.05, 3.63) is 29.8 Å². The predicted molar refractivity (Wildman–Crippen MR) is 97.9 cm³/mol. The summed E-state index contributed by atoms with van der Waals surface area (Å²) in [5.41, 5.74) is 0.580. The van der Waals surface area contributed by atoms with Gasteiger partial charge in [0, 0.05) is 32.2 Å². The van der Waals surface area contributed by atoms with E-state index >= 15 is 0 Å². The molecule has 0 aromatic heterocycles. The minimum Gasteiger partial charge on any atom is -0.335 e. The molecule has 3 atom stereocenters. The minimum atomic E-state index is -3.46. The number of nitrogens with zero attached hydrogens (tertiary/aromatic N) is 2. The first kappa shape index (κ1) is 18.4. The summed E-state index contributed by atoms with van der Waals surface area (Å²) in [4.78, 5) is 15.3. The Bertz CT molecular complexity index is 728. The Hall–Kier alpha value is -1.40. The van der Waals surface area contributed by atoms with Gasteiger partial charge in [-0.25, -0.2) is 12.7 Å². The summed E-state index contributed by atoms with van der Waals surface area (Å²) in [5, 5.41) is 0. The van der Waals surface area contributed by atoms with Gasteiger partial charge < -0.3 is 4.90 Å². The zero-order chi connectivity index (χ0) is 18.2. The highest BCUT2D eigenvalue weighted by molar-refractivity contribution is 7.89. The maximum Gasteiger partial charge on any atom is 0.254 e. The third-order valence-electron chi connectivity index (χ3n) is 5.88. The lowest BCUT2D eigenvalue weighted by Gasteiger charge is -2.47. The van der Waals surface area contributed by atoms with Crippen LogP contribution < -0.4 is 0 Å². The molecule has 1 aliphatic heterocycles. The molecule has 0 N–H and O–H groups in total. The highest BCUT2D eigenvalue weighted by Gasteiger charge is 2.39. The molecular formula is C19H28N2O3S. The average molecular weight is 365 g/mol. The lowest BCUT2D eigenvalue weighted by atomic mass is 9.72. The number of carbonyl (C=O) groups excluding carboxylic acids is 1. The summed E-state index contributed by atoms with van der Waals surface area (Å²) in [6, 6.07) is 6.71. The third kappa shape index (κ3) is 3.47. The van der Waals surface area contributed by atoms with E-state index in [9.17, 15) is 13.2 Å². The molecule has 2 fully saturated rings. The molecular weight excluding hydrogens is 336 g/mol. The van der Waals surface area contributed by atoms with Gasteiger partial charge in [0.25, 0.3) is 5.91 Å². The normalized spacial score (nSPS) is 27.2. The number of piperidine rings is 1. The van der Waals surface area contributed by atoms with E-state index in [4.69, 9.17) is 0 Å². The maximum atomic E-state index is 13.0. The number of sulfonamides is 1. The van der Waals surface area contributed by atoms with Crippen LogP contribution in [0.1, 0.15) is 49.4 Å². The highest BCUT2D eigenvalue weighted by atomic mass is 32.2. The number of carbonyl (C=O) groups is 1. The van der Waals surface area contributed by atoms with Gasteiger partial charge in [0.15, 0.2) is 0 Å². The van der Waals surface area contributed by atoms with Crippen molar-refractivity contribution in [2.45, 2.75) is 50.0 Å². The second-order valence-corrected chi connectivity index (χ2v) is 9.74. The standard InChI is InChI=1S/C19H28N2O3S/c1-14-12-13-21(18-7-5-4-6-17(14)18)19(22)15-8-10-16(11-9-15)25(23,24)20(2)3/h8-11,14,17-18H,4-7,12-13H2,1-3H3/t14-,17+,18-/m1/s1. The monoisotopic (exact) mass is 364 g/mol. The Morgan fingerprint density at radius 1 is 1.08 bits per heavy atom. The number of amides is 1. The van der Waals surface area contributed by atoms with Crippen molar-refractivity contribution in [1.82, 2.24) is 9.21 Å². The molecule has 0 unspecified atom stereocenters. The van der Waals surface area contributed by atoms with E-state index in [0.29, 0.717) is 23.4 Å². The van der Waals surface area contributed by atoms with Gasteiger partial charge >= 0.3 is 0 Å². The van der Waals surface area contributed by atoms with E-state index in [-0.39, 0.29) is 10.8 Å². The summed E-state index contributed by atoms with van der Waals surface area (Å²) in [6.07, 6.45) is 5.83. The molecule has 5 nitrogen and oxygen atoms in total. The summed E-state index contributed by atoms with van der Waals surface area (Å²) in [7, 11) is -0.449. The van der Waals surface area contributed by atoms with Gasteiger partial charge in [-0.2, -0.15) is 0 Å². The zero-order valence-corrected chi connectivity index (χ0v) is 16.1. The first-order valence-electron chi connectivity index (χ1n) is 9.16. The molecule has 0 bridgehead atoms. The minimum absolute atomic E-state index is 0.0394. The van der Waals surface area contributed by atoms with Crippen molar-refractivity contribution in [2.24, 2.45) is 11.8 Å². The van der Waals surface area contributed by atoms with Gasteiger partial charge in [0.2, 0.25) is 10.0 Å². The summed E-state index contributed by atoms with van der Waals surface area (Å²) < 4.78 is 25.5. The molecule has 0 spiro atoms.